The van der Waals surface area contributed by atoms with Crippen molar-refractivity contribution >= 4 is 5.97 Å². The van der Waals surface area contributed by atoms with E-state index in [0.29, 0.717) is 17.2 Å². The van der Waals surface area contributed by atoms with Gasteiger partial charge in [-0.05, 0) is 24.3 Å². The van der Waals surface area contributed by atoms with Crippen LogP contribution in [0.5, 0.6) is 11.5 Å². The highest BCUT2D eigenvalue weighted by Gasteiger charge is 2.14. The number of aromatic nitrogens is 2. The zero-order valence-electron chi connectivity index (χ0n) is 11.0. The molecule has 0 radical (unpaired) electrons. The lowest BCUT2D eigenvalue weighted by atomic mass is 10.1. The van der Waals surface area contributed by atoms with Gasteiger partial charge in [-0.15, -0.1) is 0 Å². The summed E-state index contributed by atoms with van der Waals surface area (Å²) in [7, 11) is 0. The summed E-state index contributed by atoms with van der Waals surface area (Å²) in [5.41, 5.74) is 1.00. The first kappa shape index (κ1) is 13.2. The molecule has 21 heavy (non-hydrogen) atoms. The van der Waals surface area contributed by atoms with E-state index < -0.39 is 5.97 Å². The van der Waals surface area contributed by atoms with Gasteiger partial charge in [-0.2, -0.15) is 5.10 Å². The topological polar surface area (TPSA) is 90.7 Å². The van der Waals surface area contributed by atoms with Gasteiger partial charge in [0.05, 0.1) is 18.7 Å². The first-order valence-corrected chi connectivity index (χ1v) is 6.33. The van der Waals surface area contributed by atoms with Gasteiger partial charge in [-0.3, -0.25) is 9.59 Å². The normalized spacial score (nSPS) is 12.4. The van der Waals surface area contributed by atoms with Crippen molar-refractivity contribution in [1.29, 1.82) is 0 Å². The van der Waals surface area contributed by atoms with Crippen LogP contribution in [0.2, 0.25) is 0 Å². The van der Waals surface area contributed by atoms with Crippen molar-refractivity contribution in [2.24, 2.45) is 0 Å². The van der Waals surface area contributed by atoms with Gasteiger partial charge in [0.25, 0.3) is 5.56 Å². The summed E-state index contributed by atoms with van der Waals surface area (Å²) < 4.78 is 11.7. The van der Waals surface area contributed by atoms with E-state index in [1.165, 1.54) is 6.07 Å². The number of aryl methyl sites for hydroxylation is 1. The number of ether oxygens (including phenoxy) is 2. The highest BCUT2D eigenvalue weighted by Crippen LogP contribution is 2.35. The Balaban J connectivity index is 1.93. The lowest BCUT2D eigenvalue weighted by Gasteiger charge is -2.06. The summed E-state index contributed by atoms with van der Waals surface area (Å²) >= 11 is 0. The average Bonchev–Trinajstić information content (AvgIpc) is 2.93. The van der Waals surface area contributed by atoms with Crippen LogP contribution in [0.15, 0.2) is 35.1 Å². The van der Waals surface area contributed by atoms with E-state index in [2.05, 4.69) is 5.10 Å². The van der Waals surface area contributed by atoms with Crippen LogP contribution in [0.4, 0.5) is 0 Å². The number of rotatable bonds is 4. The first-order valence-electron chi connectivity index (χ1n) is 6.33. The highest BCUT2D eigenvalue weighted by atomic mass is 16.7. The largest absolute Gasteiger partial charge is 0.481 e. The van der Waals surface area contributed by atoms with E-state index in [0.717, 1.165) is 10.2 Å². The van der Waals surface area contributed by atoms with E-state index in [4.69, 9.17) is 14.6 Å². The molecule has 0 bridgehead atoms. The molecule has 0 saturated carbocycles. The number of nitrogens with zero attached hydrogens (tertiary/aromatic N) is 2. The van der Waals surface area contributed by atoms with Crippen LogP contribution in [0.25, 0.3) is 11.3 Å². The number of aliphatic carboxylic acids is 1. The number of benzene rings is 1. The van der Waals surface area contributed by atoms with E-state index in [1.807, 2.05) is 6.07 Å². The summed E-state index contributed by atoms with van der Waals surface area (Å²) in [6, 6.07) is 8.32. The van der Waals surface area contributed by atoms with Crippen molar-refractivity contribution in [3.8, 4) is 22.8 Å². The van der Waals surface area contributed by atoms with Crippen molar-refractivity contribution in [2.75, 3.05) is 6.79 Å². The van der Waals surface area contributed by atoms with E-state index in [-0.39, 0.29) is 25.3 Å². The Labute approximate surface area is 119 Å². The molecule has 7 nitrogen and oxygen atoms in total. The third-order valence-electron chi connectivity index (χ3n) is 3.07. The van der Waals surface area contributed by atoms with Crippen molar-refractivity contribution in [2.45, 2.75) is 13.0 Å². The van der Waals surface area contributed by atoms with Gasteiger partial charge in [-0.1, -0.05) is 0 Å². The van der Waals surface area contributed by atoms with Crippen LogP contribution >= 0.6 is 0 Å². The molecule has 1 N–H and O–H groups in total. The minimum absolute atomic E-state index is 0.0343. The van der Waals surface area contributed by atoms with Crippen LogP contribution < -0.4 is 15.0 Å². The smallest absolute Gasteiger partial charge is 0.305 e. The third kappa shape index (κ3) is 2.71. The monoisotopic (exact) mass is 288 g/mol. The van der Waals surface area contributed by atoms with Crippen molar-refractivity contribution in [3.63, 3.8) is 0 Å². The van der Waals surface area contributed by atoms with Gasteiger partial charge in [0.2, 0.25) is 6.79 Å². The lowest BCUT2D eigenvalue weighted by molar-refractivity contribution is -0.137. The quantitative estimate of drug-likeness (QED) is 0.906. The zero-order valence-corrected chi connectivity index (χ0v) is 11.0. The van der Waals surface area contributed by atoms with Crippen LogP contribution in [0, 0.1) is 0 Å². The van der Waals surface area contributed by atoms with Gasteiger partial charge in [0.1, 0.15) is 0 Å². The molecule has 1 aromatic heterocycles. The summed E-state index contributed by atoms with van der Waals surface area (Å²) in [5.74, 6) is 0.313. The molecule has 108 valence electrons. The SMILES string of the molecule is O=C(O)CCn1nc(-c2ccc3c(c2)OCO3)ccc1=O. The number of carboxylic acid groups (broad SMARTS) is 1. The minimum Gasteiger partial charge on any atom is -0.481 e. The molecule has 0 aliphatic carbocycles. The number of hydrogen-bond donors (Lipinski definition) is 1. The molecule has 0 amide bonds. The van der Waals surface area contributed by atoms with Crippen molar-refractivity contribution in [1.82, 2.24) is 9.78 Å². The molecule has 0 spiro atoms. The van der Waals surface area contributed by atoms with Crippen LogP contribution in [-0.4, -0.2) is 27.6 Å². The first-order chi connectivity index (χ1) is 10.1. The fourth-order valence-corrected chi connectivity index (χ4v) is 2.02. The van der Waals surface area contributed by atoms with E-state index in [1.54, 1.807) is 18.2 Å². The second-order valence-electron chi connectivity index (χ2n) is 4.49. The Hall–Kier alpha value is -2.83. The Morgan fingerprint density at radius 3 is 2.86 bits per heavy atom. The molecule has 2 heterocycles. The maximum Gasteiger partial charge on any atom is 0.305 e. The van der Waals surface area contributed by atoms with Gasteiger partial charge in [0.15, 0.2) is 11.5 Å². The standard InChI is InChI=1S/C14H12N2O5/c17-13-4-2-10(15-16(13)6-5-14(18)19)9-1-3-11-12(7-9)21-8-20-11/h1-4,7H,5-6,8H2,(H,18,19). The Morgan fingerprint density at radius 1 is 1.24 bits per heavy atom. The highest BCUT2D eigenvalue weighted by molar-refractivity contribution is 5.66. The summed E-state index contributed by atoms with van der Waals surface area (Å²) in [6.07, 6.45) is -0.155. The summed E-state index contributed by atoms with van der Waals surface area (Å²) in [6.45, 7) is 0.219. The van der Waals surface area contributed by atoms with Gasteiger partial charge in [-0.25, -0.2) is 4.68 Å². The number of hydrogen-bond acceptors (Lipinski definition) is 5. The number of carbonyl (C=O) groups is 1. The van der Waals surface area contributed by atoms with E-state index in [9.17, 15) is 9.59 Å². The molecular weight excluding hydrogens is 276 g/mol. The van der Waals surface area contributed by atoms with Crippen molar-refractivity contribution < 1.29 is 19.4 Å². The maximum atomic E-state index is 11.7. The van der Waals surface area contributed by atoms with Gasteiger partial charge in [0, 0.05) is 11.6 Å². The zero-order chi connectivity index (χ0) is 14.8. The second kappa shape index (κ2) is 5.28. The predicted octanol–water partition coefficient (Wildman–Crippen LogP) is 1.11. The molecular formula is C14H12N2O5. The van der Waals surface area contributed by atoms with Crippen LogP contribution in [0.1, 0.15) is 6.42 Å². The average molecular weight is 288 g/mol. The fourth-order valence-electron chi connectivity index (χ4n) is 2.02. The van der Waals surface area contributed by atoms with Gasteiger partial charge < -0.3 is 14.6 Å². The number of carboxylic acids is 1. The molecule has 7 heteroatoms. The summed E-state index contributed by atoms with van der Waals surface area (Å²) in [5, 5.41) is 12.9. The molecule has 1 aromatic carbocycles. The fraction of sp³-hybridized carbons (Fsp3) is 0.214. The van der Waals surface area contributed by atoms with Gasteiger partial charge >= 0.3 is 5.97 Å². The molecule has 1 aliphatic heterocycles. The molecule has 0 fully saturated rings. The number of fused-ring (bicyclic) bond motifs is 1. The molecule has 3 rings (SSSR count). The summed E-state index contributed by atoms with van der Waals surface area (Å²) in [4.78, 5) is 22.3. The molecule has 0 saturated heterocycles. The molecule has 1 aliphatic rings. The molecule has 2 aromatic rings. The molecule has 0 unspecified atom stereocenters. The second-order valence-corrected chi connectivity index (χ2v) is 4.49. The Bertz CT molecular complexity index is 753. The van der Waals surface area contributed by atoms with Crippen molar-refractivity contribution in [3.05, 3.63) is 40.7 Å². The Morgan fingerprint density at radius 2 is 2.05 bits per heavy atom. The predicted molar refractivity (Wildman–Crippen MR) is 72.3 cm³/mol. The van der Waals surface area contributed by atoms with Crippen LogP contribution in [0.3, 0.4) is 0 Å². The molecule has 0 atom stereocenters. The minimum atomic E-state index is -0.975. The van der Waals surface area contributed by atoms with Crippen LogP contribution in [-0.2, 0) is 11.3 Å². The lowest BCUT2D eigenvalue weighted by Crippen LogP contribution is -2.23. The third-order valence-corrected chi connectivity index (χ3v) is 3.07. The Kier molecular flexibility index (Phi) is 3.31. The van der Waals surface area contributed by atoms with E-state index >= 15 is 0 Å². The maximum absolute atomic E-state index is 11.7.